The summed E-state index contributed by atoms with van der Waals surface area (Å²) in [5, 5.41) is 0.356. The molecule has 130 valence electrons. The molecule has 0 saturated carbocycles. The van der Waals surface area contributed by atoms with Crippen molar-refractivity contribution in [2.24, 2.45) is 0 Å². The molecule has 0 fully saturated rings. The Balaban J connectivity index is 2.01. The molecule has 6 nitrogen and oxygen atoms in total. The summed E-state index contributed by atoms with van der Waals surface area (Å²) >= 11 is 4.19. The summed E-state index contributed by atoms with van der Waals surface area (Å²) in [6.07, 6.45) is 0. The highest BCUT2D eigenvalue weighted by Gasteiger charge is 2.35. The van der Waals surface area contributed by atoms with Crippen molar-refractivity contribution in [1.29, 1.82) is 0 Å². The van der Waals surface area contributed by atoms with Gasteiger partial charge in [0.25, 0.3) is 21.9 Å². The van der Waals surface area contributed by atoms with E-state index in [-0.39, 0.29) is 26.8 Å². The zero-order valence-electron chi connectivity index (χ0n) is 13.1. The third kappa shape index (κ3) is 2.42. The Kier molecular flexibility index (Phi) is 3.65. The summed E-state index contributed by atoms with van der Waals surface area (Å²) in [6.45, 7) is 0. The number of anilines is 1. The lowest BCUT2D eigenvalue weighted by atomic mass is 9.93. The van der Waals surface area contributed by atoms with Crippen molar-refractivity contribution in [1.82, 2.24) is 0 Å². The van der Waals surface area contributed by atoms with Crippen LogP contribution in [0.3, 0.4) is 0 Å². The van der Waals surface area contributed by atoms with Crippen LogP contribution in [0.15, 0.2) is 64.4 Å². The minimum absolute atomic E-state index is 0.134. The van der Waals surface area contributed by atoms with Crippen LogP contribution in [0.1, 0.15) is 20.7 Å². The van der Waals surface area contributed by atoms with Gasteiger partial charge in [0.1, 0.15) is 4.90 Å². The first kappa shape index (κ1) is 16.8. The molecule has 0 saturated heterocycles. The number of thiol groups is 1. The lowest BCUT2D eigenvalue weighted by molar-refractivity contribution is 0.0893. The fourth-order valence-electron chi connectivity index (χ4n) is 3.13. The number of carbonyl (C=O) groups excluding carboxylic acids is 2. The van der Waals surface area contributed by atoms with Crippen molar-refractivity contribution in [2.45, 2.75) is 9.79 Å². The second kappa shape index (κ2) is 5.66. The minimum Gasteiger partial charge on any atom is -0.282 e. The summed E-state index contributed by atoms with van der Waals surface area (Å²) in [5.41, 5.74) is 0.773. The fraction of sp³-hybridized carbons (Fsp3) is 0. The van der Waals surface area contributed by atoms with Gasteiger partial charge in [-0.1, -0.05) is 12.1 Å². The minimum atomic E-state index is -4.50. The highest BCUT2D eigenvalue weighted by atomic mass is 32.2. The molecule has 1 heterocycles. The van der Waals surface area contributed by atoms with E-state index in [1.165, 1.54) is 30.3 Å². The van der Waals surface area contributed by atoms with Crippen LogP contribution in [0.4, 0.5) is 5.69 Å². The Hall–Kier alpha value is -2.68. The topological polar surface area (TPSA) is 91.7 Å². The molecule has 26 heavy (non-hydrogen) atoms. The third-order valence-electron chi connectivity index (χ3n) is 4.25. The average molecular weight is 385 g/mol. The highest BCUT2D eigenvalue weighted by molar-refractivity contribution is 7.86. The maximum Gasteiger partial charge on any atom is 0.295 e. The smallest absolute Gasteiger partial charge is 0.282 e. The van der Waals surface area contributed by atoms with Crippen molar-refractivity contribution in [3.8, 4) is 0 Å². The number of hydrogen-bond acceptors (Lipinski definition) is 5. The Morgan fingerprint density at radius 3 is 2.08 bits per heavy atom. The predicted octanol–water partition coefficient (Wildman–Crippen LogP) is 3.18. The highest BCUT2D eigenvalue weighted by Crippen LogP contribution is 2.35. The second-order valence-corrected chi connectivity index (χ2v) is 7.68. The molecule has 1 N–H and O–H groups in total. The van der Waals surface area contributed by atoms with Gasteiger partial charge in [-0.3, -0.25) is 14.1 Å². The van der Waals surface area contributed by atoms with E-state index < -0.39 is 21.9 Å². The van der Waals surface area contributed by atoms with Crippen LogP contribution >= 0.6 is 12.6 Å². The van der Waals surface area contributed by atoms with Gasteiger partial charge < -0.3 is 0 Å². The van der Waals surface area contributed by atoms with Crippen LogP contribution in [0.5, 0.6) is 0 Å². The maximum atomic E-state index is 12.9. The Bertz CT molecular complexity index is 1180. The second-order valence-electron chi connectivity index (χ2n) is 5.78. The summed E-state index contributed by atoms with van der Waals surface area (Å²) in [5.74, 6) is -1.12. The first-order valence-corrected chi connectivity index (χ1v) is 9.39. The van der Waals surface area contributed by atoms with Gasteiger partial charge in [-0.15, -0.1) is 12.6 Å². The van der Waals surface area contributed by atoms with E-state index in [9.17, 15) is 22.6 Å². The molecule has 3 aromatic carbocycles. The van der Waals surface area contributed by atoms with Gasteiger partial charge in [0.05, 0.1) is 5.69 Å². The molecule has 0 radical (unpaired) electrons. The van der Waals surface area contributed by atoms with Crippen LogP contribution in [0, 0.1) is 0 Å². The number of benzene rings is 3. The molecule has 3 aromatic rings. The molecule has 1 aliphatic rings. The van der Waals surface area contributed by atoms with Crippen LogP contribution < -0.4 is 4.90 Å². The van der Waals surface area contributed by atoms with Gasteiger partial charge in [-0.2, -0.15) is 8.42 Å². The van der Waals surface area contributed by atoms with Gasteiger partial charge in [-0.25, -0.2) is 4.90 Å². The first-order chi connectivity index (χ1) is 12.3. The van der Waals surface area contributed by atoms with Gasteiger partial charge in [0.15, 0.2) is 0 Å². The fourth-order valence-corrected chi connectivity index (χ4v) is 3.97. The zero-order chi connectivity index (χ0) is 18.6. The number of rotatable bonds is 2. The Labute approximate surface area is 154 Å². The molecule has 4 rings (SSSR count). The van der Waals surface area contributed by atoms with E-state index in [1.807, 2.05) is 0 Å². The van der Waals surface area contributed by atoms with E-state index >= 15 is 0 Å². The monoisotopic (exact) mass is 385 g/mol. The molecule has 0 bridgehead atoms. The molecule has 0 aromatic heterocycles. The zero-order valence-corrected chi connectivity index (χ0v) is 14.8. The molecular weight excluding hydrogens is 374 g/mol. The normalized spacial score (nSPS) is 14.2. The maximum absolute atomic E-state index is 12.9. The number of nitrogens with zero attached hydrogens (tertiary/aromatic N) is 1. The van der Waals surface area contributed by atoms with Crippen LogP contribution in [-0.2, 0) is 10.1 Å². The summed E-state index contributed by atoms with van der Waals surface area (Å²) in [4.78, 5) is 27.3. The molecular formula is C18H11NO5S2. The van der Waals surface area contributed by atoms with Gasteiger partial charge in [-0.05, 0) is 42.5 Å². The quantitative estimate of drug-likeness (QED) is 0.402. The number of amides is 2. The van der Waals surface area contributed by atoms with Crippen LogP contribution in [0.2, 0.25) is 0 Å². The van der Waals surface area contributed by atoms with Crippen LogP contribution in [0.25, 0.3) is 10.8 Å². The summed E-state index contributed by atoms with van der Waals surface area (Å²) in [6, 6.07) is 13.5. The van der Waals surface area contributed by atoms with Gasteiger partial charge in [0, 0.05) is 26.8 Å². The summed E-state index contributed by atoms with van der Waals surface area (Å²) < 4.78 is 32.7. The Morgan fingerprint density at radius 1 is 0.846 bits per heavy atom. The Morgan fingerprint density at radius 2 is 1.46 bits per heavy atom. The van der Waals surface area contributed by atoms with E-state index in [2.05, 4.69) is 12.6 Å². The van der Waals surface area contributed by atoms with Crippen molar-refractivity contribution < 1.29 is 22.6 Å². The van der Waals surface area contributed by atoms with Crippen LogP contribution in [-0.4, -0.2) is 24.8 Å². The molecule has 2 amide bonds. The average Bonchev–Trinajstić information content (AvgIpc) is 2.60. The van der Waals surface area contributed by atoms with Crippen molar-refractivity contribution >= 4 is 51.0 Å². The molecule has 0 spiro atoms. The lowest BCUT2D eigenvalue weighted by Crippen LogP contribution is -2.40. The molecule has 8 heteroatoms. The van der Waals surface area contributed by atoms with E-state index in [4.69, 9.17) is 0 Å². The number of hydrogen-bond donors (Lipinski definition) is 2. The predicted molar refractivity (Wildman–Crippen MR) is 98.6 cm³/mol. The standard InChI is InChI=1S/C18H11NO5S2/c20-17-13-3-1-2-12-15(26(22,23)24)9-8-14(16(12)13)18(21)19(17)10-4-6-11(25)7-5-10/h1-9,25H,(H,22,23,24). The molecule has 0 unspecified atom stereocenters. The molecule has 1 aliphatic heterocycles. The SMILES string of the molecule is O=C1c2cccc3c(S(=O)(=O)O)ccc(c23)C(=O)N1c1ccc(S)cc1. The third-order valence-corrected chi connectivity index (χ3v) is 5.46. The van der Waals surface area contributed by atoms with Gasteiger partial charge in [0.2, 0.25) is 0 Å². The largest absolute Gasteiger partial charge is 0.295 e. The van der Waals surface area contributed by atoms with Gasteiger partial charge >= 0.3 is 0 Å². The van der Waals surface area contributed by atoms with Crippen molar-refractivity contribution in [2.75, 3.05) is 4.90 Å². The van der Waals surface area contributed by atoms with Crippen molar-refractivity contribution in [3.05, 3.63) is 65.7 Å². The lowest BCUT2D eigenvalue weighted by Gasteiger charge is -2.27. The molecule has 0 aliphatic carbocycles. The summed E-state index contributed by atoms with van der Waals surface area (Å²) in [7, 11) is -4.50. The van der Waals surface area contributed by atoms with Crippen molar-refractivity contribution in [3.63, 3.8) is 0 Å². The first-order valence-electron chi connectivity index (χ1n) is 7.50. The molecule has 0 atom stereocenters. The van der Waals surface area contributed by atoms with E-state index in [1.54, 1.807) is 24.3 Å². The number of imide groups is 1. The van der Waals surface area contributed by atoms with E-state index in [0.717, 1.165) is 4.90 Å². The van der Waals surface area contributed by atoms with E-state index in [0.29, 0.717) is 10.6 Å². The number of carbonyl (C=O) groups is 2.